The van der Waals surface area contributed by atoms with Crippen LogP contribution in [0.5, 0.6) is 0 Å². The van der Waals surface area contributed by atoms with Crippen molar-refractivity contribution in [1.82, 2.24) is 9.97 Å². The first kappa shape index (κ1) is 11.7. The van der Waals surface area contributed by atoms with Crippen LogP contribution >= 0.6 is 11.8 Å². The fourth-order valence-corrected chi connectivity index (χ4v) is 2.55. The van der Waals surface area contributed by atoms with E-state index in [1.165, 1.54) is 17.7 Å². The van der Waals surface area contributed by atoms with Crippen molar-refractivity contribution < 1.29 is 0 Å². The van der Waals surface area contributed by atoms with Crippen LogP contribution in [-0.2, 0) is 18.6 Å². The summed E-state index contributed by atoms with van der Waals surface area (Å²) in [5, 5.41) is 0. The molecule has 0 atom stereocenters. The van der Waals surface area contributed by atoms with E-state index in [1.54, 1.807) is 0 Å². The highest BCUT2D eigenvalue weighted by atomic mass is 32.2. The molecule has 0 saturated carbocycles. The molecule has 1 aliphatic rings. The van der Waals surface area contributed by atoms with Crippen LogP contribution in [-0.4, -0.2) is 14.7 Å². The SMILES string of the molecule is CC(C)(C)SCc1nc(N)c2c(n1)CCC2. The molecule has 0 spiro atoms. The zero-order valence-corrected chi connectivity index (χ0v) is 11.0. The van der Waals surface area contributed by atoms with Gasteiger partial charge in [0, 0.05) is 16.0 Å². The molecule has 1 aromatic heterocycles. The van der Waals surface area contributed by atoms with Crippen molar-refractivity contribution in [3.8, 4) is 0 Å². The maximum Gasteiger partial charge on any atom is 0.140 e. The fourth-order valence-electron chi connectivity index (χ4n) is 1.86. The van der Waals surface area contributed by atoms with Crippen LogP contribution in [0.1, 0.15) is 44.3 Å². The number of thioether (sulfide) groups is 1. The maximum absolute atomic E-state index is 5.95. The second-order valence-corrected chi connectivity index (χ2v) is 7.01. The minimum Gasteiger partial charge on any atom is -0.383 e. The Morgan fingerprint density at radius 3 is 2.69 bits per heavy atom. The minimum absolute atomic E-state index is 0.247. The monoisotopic (exact) mass is 237 g/mol. The highest BCUT2D eigenvalue weighted by Gasteiger charge is 2.18. The van der Waals surface area contributed by atoms with Gasteiger partial charge in [-0.25, -0.2) is 9.97 Å². The molecule has 2 rings (SSSR count). The standard InChI is InChI=1S/C12H19N3S/c1-12(2,3)16-7-10-14-9-6-4-5-8(9)11(13)15-10/h4-7H2,1-3H3,(H2,13,14,15). The van der Waals surface area contributed by atoms with Gasteiger partial charge in [0.05, 0.1) is 5.75 Å². The average Bonchev–Trinajstić information content (AvgIpc) is 2.62. The molecule has 0 fully saturated rings. The zero-order valence-electron chi connectivity index (χ0n) is 10.2. The fraction of sp³-hybridized carbons (Fsp3) is 0.667. The Morgan fingerprint density at radius 1 is 1.25 bits per heavy atom. The number of hydrogen-bond acceptors (Lipinski definition) is 4. The van der Waals surface area contributed by atoms with Gasteiger partial charge in [0.25, 0.3) is 0 Å². The van der Waals surface area contributed by atoms with Crippen LogP contribution in [0.25, 0.3) is 0 Å². The molecule has 4 heteroatoms. The highest BCUT2D eigenvalue weighted by Crippen LogP contribution is 2.29. The number of aryl methyl sites for hydroxylation is 1. The number of nitrogen functional groups attached to an aromatic ring is 1. The molecular weight excluding hydrogens is 218 g/mol. The van der Waals surface area contributed by atoms with E-state index < -0.39 is 0 Å². The van der Waals surface area contributed by atoms with Crippen LogP contribution in [0.2, 0.25) is 0 Å². The van der Waals surface area contributed by atoms with Crippen LogP contribution in [0.3, 0.4) is 0 Å². The third-order valence-corrected chi connectivity index (χ3v) is 3.91. The van der Waals surface area contributed by atoms with Crippen LogP contribution in [0, 0.1) is 0 Å². The Labute approximate surface area is 101 Å². The van der Waals surface area contributed by atoms with E-state index in [0.29, 0.717) is 5.82 Å². The van der Waals surface area contributed by atoms with Crippen molar-refractivity contribution in [3.63, 3.8) is 0 Å². The normalized spacial score (nSPS) is 15.2. The summed E-state index contributed by atoms with van der Waals surface area (Å²) >= 11 is 1.86. The van der Waals surface area contributed by atoms with E-state index in [4.69, 9.17) is 5.73 Å². The van der Waals surface area contributed by atoms with Gasteiger partial charge < -0.3 is 5.73 Å². The summed E-state index contributed by atoms with van der Waals surface area (Å²) in [5.41, 5.74) is 8.31. The lowest BCUT2D eigenvalue weighted by Gasteiger charge is -2.17. The Kier molecular flexibility index (Phi) is 3.10. The second-order valence-electron chi connectivity index (χ2n) is 5.20. The Hall–Kier alpha value is -0.770. The third-order valence-electron chi connectivity index (χ3n) is 2.65. The molecule has 0 bridgehead atoms. The summed E-state index contributed by atoms with van der Waals surface area (Å²) in [6.07, 6.45) is 3.28. The van der Waals surface area contributed by atoms with Gasteiger partial charge in [-0.1, -0.05) is 20.8 Å². The van der Waals surface area contributed by atoms with Gasteiger partial charge in [-0.2, -0.15) is 0 Å². The number of fused-ring (bicyclic) bond motifs is 1. The summed E-state index contributed by atoms with van der Waals surface area (Å²) in [5.74, 6) is 2.44. The van der Waals surface area contributed by atoms with Gasteiger partial charge >= 0.3 is 0 Å². The molecule has 2 N–H and O–H groups in total. The lowest BCUT2D eigenvalue weighted by atomic mass is 10.2. The molecule has 0 amide bonds. The van der Waals surface area contributed by atoms with Crippen molar-refractivity contribution in [2.45, 2.75) is 50.5 Å². The van der Waals surface area contributed by atoms with Gasteiger partial charge in [0.1, 0.15) is 11.6 Å². The van der Waals surface area contributed by atoms with Crippen LogP contribution < -0.4 is 5.73 Å². The third kappa shape index (κ3) is 2.67. The molecule has 1 heterocycles. The topological polar surface area (TPSA) is 51.8 Å². The molecule has 0 aromatic carbocycles. The van der Waals surface area contributed by atoms with Gasteiger partial charge in [0.2, 0.25) is 0 Å². The largest absolute Gasteiger partial charge is 0.383 e. The molecule has 0 unspecified atom stereocenters. The second kappa shape index (κ2) is 4.24. The number of nitrogens with zero attached hydrogens (tertiary/aromatic N) is 2. The quantitative estimate of drug-likeness (QED) is 0.859. The number of hydrogen-bond donors (Lipinski definition) is 1. The molecular formula is C12H19N3S. The summed E-state index contributed by atoms with van der Waals surface area (Å²) in [6, 6.07) is 0. The molecule has 0 aliphatic heterocycles. The van der Waals surface area contributed by atoms with E-state index >= 15 is 0 Å². The summed E-state index contributed by atoms with van der Waals surface area (Å²) < 4.78 is 0.247. The van der Waals surface area contributed by atoms with Gasteiger partial charge in [-0.15, -0.1) is 11.8 Å². The molecule has 1 aliphatic carbocycles. The van der Waals surface area contributed by atoms with Crippen LogP contribution in [0.15, 0.2) is 0 Å². The number of rotatable bonds is 2. The first-order chi connectivity index (χ1) is 7.46. The lowest BCUT2D eigenvalue weighted by Crippen LogP contribution is -2.10. The molecule has 16 heavy (non-hydrogen) atoms. The van der Waals surface area contributed by atoms with Crippen molar-refractivity contribution in [3.05, 3.63) is 17.1 Å². The summed E-state index contributed by atoms with van der Waals surface area (Å²) in [4.78, 5) is 9.00. The molecule has 0 saturated heterocycles. The van der Waals surface area contributed by atoms with E-state index in [2.05, 4.69) is 30.7 Å². The predicted octanol–water partition coefficient (Wildman–Crippen LogP) is 2.58. The smallest absolute Gasteiger partial charge is 0.140 e. The lowest BCUT2D eigenvalue weighted by molar-refractivity contribution is 0.799. The van der Waals surface area contributed by atoms with E-state index in [-0.39, 0.29) is 4.75 Å². The van der Waals surface area contributed by atoms with E-state index in [0.717, 1.165) is 24.4 Å². The average molecular weight is 237 g/mol. The minimum atomic E-state index is 0.247. The van der Waals surface area contributed by atoms with E-state index in [1.807, 2.05) is 11.8 Å². The highest BCUT2D eigenvalue weighted by molar-refractivity contribution is 7.99. The van der Waals surface area contributed by atoms with Crippen molar-refractivity contribution in [1.29, 1.82) is 0 Å². The van der Waals surface area contributed by atoms with Crippen molar-refractivity contribution in [2.75, 3.05) is 5.73 Å². The Balaban J connectivity index is 2.14. The molecule has 0 radical (unpaired) electrons. The molecule has 1 aromatic rings. The van der Waals surface area contributed by atoms with Gasteiger partial charge in [-0.3, -0.25) is 0 Å². The van der Waals surface area contributed by atoms with Gasteiger partial charge in [0.15, 0.2) is 0 Å². The Bertz CT molecular complexity index is 396. The molecule has 88 valence electrons. The first-order valence-electron chi connectivity index (χ1n) is 5.74. The Morgan fingerprint density at radius 2 is 2.00 bits per heavy atom. The summed E-state index contributed by atoms with van der Waals surface area (Å²) in [6.45, 7) is 6.61. The summed E-state index contributed by atoms with van der Waals surface area (Å²) in [7, 11) is 0. The van der Waals surface area contributed by atoms with Crippen molar-refractivity contribution >= 4 is 17.6 Å². The first-order valence-corrected chi connectivity index (χ1v) is 6.72. The van der Waals surface area contributed by atoms with Crippen molar-refractivity contribution in [2.24, 2.45) is 0 Å². The molecule has 3 nitrogen and oxygen atoms in total. The number of anilines is 1. The predicted molar refractivity (Wildman–Crippen MR) is 69.5 cm³/mol. The van der Waals surface area contributed by atoms with Gasteiger partial charge in [-0.05, 0) is 19.3 Å². The van der Waals surface area contributed by atoms with Crippen LogP contribution in [0.4, 0.5) is 5.82 Å². The number of nitrogens with two attached hydrogens (primary N) is 1. The van der Waals surface area contributed by atoms with E-state index in [9.17, 15) is 0 Å². The number of aromatic nitrogens is 2. The zero-order chi connectivity index (χ0) is 11.8. The maximum atomic E-state index is 5.95.